The summed E-state index contributed by atoms with van der Waals surface area (Å²) in [7, 11) is -0.596. The molecule has 7 rings (SSSR count). The average molecular weight is 868 g/mol. The lowest BCUT2D eigenvalue weighted by atomic mass is 9.43. The van der Waals surface area contributed by atoms with Gasteiger partial charge in [0, 0.05) is 30.9 Å². The molecule has 2 saturated heterocycles. The summed E-state index contributed by atoms with van der Waals surface area (Å²) in [6.07, 6.45) is 7.36. The number of hydrogen-bond acceptors (Lipinski definition) is 9. The Balaban J connectivity index is 1.03. The first-order chi connectivity index (χ1) is 30.0. The number of benzene rings is 2. The highest BCUT2D eigenvalue weighted by Gasteiger charge is 2.68. The quantitative estimate of drug-likeness (QED) is 0.0816. The number of carbonyl (C=O) groups excluding carboxylic acids is 6. The second-order valence-electron chi connectivity index (χ2n) is 19.7. The van der Waals surface area contributed by atoms with Gasteiger partial charge in [-0.1, -0.05) is 77.4 Å². The number of likely N-dealkylation sites (tertiary alicyclic amines) is 1. The third kappa shape index (κ3) is 10.9. The molecule has 0 spiro atoms. The standard InChI is InChI=1S/C49H70BN5O8/c1-7-8-12-32-15-17-33(18-16-32)34-19-21-35(22-20-34)46(60)53-37(13-9-10-23-51)47(61)55-24-11-14-39(55)41(57)25-30(2)45(59)54-38(29-44(52)58)40(56)26-31(3)50-62-43-28-36-27-42(48(36,4)5)49(43,6)63-50/h15-22,30-31,36-39,42-43H,7-14,23-29,51H2,1-6H3,(H2,52,58)(H,53,60)(H,54,59)/t30-,31-,36+,37+,38+,39+,42+,43?,49+/m1/s1. The summed E-state index contributed by atoms with van der Waals surface area (Å²) in [5.74, 6) is -2.97. The van der Waals surface area contributed by atoms with Gasteiger partial charge in [-0.25, -0.2) is 0 Å². The Morgan fingerprint density at radius 2 is 1.56 bits per heavy atom. The summed E-state index contributed by atoms with van der Waals surface area (Å²) in [5.41, 5.74) is 14.8. The van der Waals surface area contributed by atoms with Crippen molar-refractivity contribution < 1.29 is 38.1 Å². The number of nitrogens with two attached hydrogens (primary N) is 2. The molecule has 9 atom stereocenters. The van der Waals surface area contributed by atoms with E-state index >= 15 is 0 Å². The Kier molecular flexibility index (Phi) is 15.7. The zero-order chi connectivity index (χ0) is 45.6. The van der Waals surface area contributed by atoms with Crippen LogP contribution in [-0.4, -0.2) is 90.1 Å². The third-order valence-electron chi connectivity index (χ3n) is 14.7. The fourth-order valence-electron chi connectivity index (χ4n) is 10.6. The van der Waals surface area contributed by atoms with Crippen LogP contribution in [0.4, 0.5) is 0 Å². The van der Waals surface area contributed by atoms with E-state index in [1.54, 1.807) is 19.1 Å². The second-order valence-corrected chi connectivity index (χ2v) is 19.7. The number of hydrogen-bond donors (Lipinski definition) is 4. The summed E-state index contributed by atoms with van der Waals surface area (Å²) in [6.45, 7) is 13.1. The summed E-state index contributed by atoms with van der Waals surface area (Å²) in [5, 5.41) is 5.64. The number of ketones is 2. The zero-order valence-electron chi connectivity index (χ0n) is 38.3. The van der Waals surface area contributed by atoms with Crippen LogP contribution in [0.1, 0.15) is 135 Å². The van der Waals surface area contributed by atoms with Crippen molar-refractivity contribution in [3.05, 3.63) is 59.7 Å². The topological polar surface area (TPSA) is 200 Å². The molecule has 63 heavy (non-hydrogen) atoms. The Bertz CT molecular complexity index is 1980. The molecule has 2 bridgehead atoms. The number of unbranched alkanes of at least 4 members (excludes halogenated alkanes) is 2. The maximum Gasteiger partial charge on any atom is 0.461 e. The Morgan fingerprint density at radius 1 is 0.873 bits per heavy atom. The number of amides is 4. The van der Waals surface area contributed by atoms with E-state index in [2.05, 4.69) is 62.6 Å². The number of Topliss-reactive ketones (excluding diaryl/α,β-unsaturated/α-hetero) is 2. The van der Waals surface area contributed by atoms with Crippen LogP contribution in [0.2, 0.25) is 5.82 Å². The van der Waals surface area contributed by atoms with Crippen LogP contribution >= 0.6 is 0 Å². The van der Waals surface area contributed by atoms with Crippen molar-refractivity contribution in [3.8, 4) is 11.1 Å². The molecule has 14 heteroatoms. The Morgan fingerprint density at radius 3 is 2.19 bits per heavy atom. The summed E-state index contributed by atoms with van der Waals surface area (Å²) >= 11 is 0. The molecule has 0 aromatic heterocycles. The van der Waals surface area contributed by atoms with Crippen molar-refractivity contribution in [2.45, 2.75) is 161 Å². The zero-order valence-corrected chi connectivity index (χ0v) is 38.3. The van der Waals surface area contributed by atoms with Crippen LogP contribution < -0.4 is 22.1 Å². The Hall–Kier alpha value is -4.40. The van der Waals surface area contributed by atoms with Crippen molar-refractivity contribution in [1.82, 2.24) is 15.5 Å². The first-order valence-electron chi connectivity index (χ1n) is 23.4. The summed E-state index contributed by atoms with van der Waals surface area (Å²) in [6, 6.07) is 12.9. The lowest BCUT2D eigenvalue weighted by Gasteiger charge is -2.64. The molecule has 6 N–H and O–H groups in total. The van der Waals surface area contributed by atoms with Gasteiger partial charge in [-0.05, 0) is 123 Å². The molecule has 2 aromatic rings. The fraction of sp³-hybridized carbons (Fsp3) is 0.633. The van der Waals surface area contributed by atoms with Gasteiger partial charge in [-0.2, -0.15) is 0 Å². The van der Waals surface area contributed by atoms with Crippen molar-refractivity contribution in [2.75, 3.05) is 13.1 Å². The van der Waals surface area contributed by atoms with Gasteiger partial charge in [0.25, 0.3) is 5.91 Å². The highest BCUT2D eigenvalue weighted by molar-refractivity contribution is 6.47. The Labute approximate surface area is 374 Å². The molecule has 3 saturated carbocycles. The van der Waals surface area contributed by atoms with E-state index in [1.165, 1.54) is 10.5 Å². The smallest absolute Gasteiger partial charge is 0.405 e. The molecular formula is C49H70BN5O8. The van der Waals surface area contributed by atoms with Gasteiger partial charge >= 0.3 is 7.12 Å². The molecule has 2 aliphatic heterocycles. The van der Waals surface area contributed by atoms with Crippen molar-refractivity contribution >= 4 is 42.3 Å². The predicted molar refractivity (Wildman–Crippen MR) is 243 cm³/mol. The predicted octanol–water partition coefficient (Wildman–Crippen LogP) is 5.95. The SMILES string of the molecule is CCCCc1ccc(-c2ccc(C(=O)N[C@@H](CCCCN)C(=O)N3CCC[C@H]3C(=O)C[C@@H](C)C(=O)N[C@@H](CC(N)=O)C(=O)C[C@@H](C)B3OC4C[C@@H]5C[C@@H](C5(C)C)[C@]4(C)O3)cc2)cc1. The molecule has 0 radical (unpaired) electrons. The lowest BCUT2D eigenvalue weighted by Crippen LogP contribution is -2.65. The molecule has 1 unspecified atom stereocenters. The van der Waals surface area contributed by atoms with Gasteiger partial charge < -0.3 is 36.3 Å². The van der Waals surface area contributed by atoms with E-state index in [0.29, 0.717) is 62.6 Å². The van der Waals surface area contributed by atoms with Crippen LogP contribution in [-0.2, 0) is 39.7 Å². The van der Waals surface area contributed by atoms with E-state index in [9.17, 15) is 28.8 Å². The lowest BCUT2D eigenvalue weighted by molar-refractivity contribution is -0.199. The summed E-state index contributed by atoms with van der Waals surface area (Å²) < 4.78 is 12.9. The van der Waals surface area contributed by atoms with Gasteiger partial charge in [0.1, 0.15) is 6.04 Å². The average Bonchev–Trinajstić information content (AvgIpc) is 3.90. The van der Waals surface area contributed by atoms with E-state index in [1.807, 2.05) is 19.1 Å². The number of rotatable bonds is 22. The van der Waals surface area contributed by atoms with Crippen LogP contribution in [0.15, 0.2) is 48.5 Å². The molecule has 5 aliphatic rings. The molecule has 2 aromatic carbocycles. The molecule has 2 heterocycles. The minimum absolute atomic E-state index is 0.00241. The van der Waals surface area contributed by atoms with Gasteiger partial charge in [-0.15, -0.1) is 0 Å². The number of nitrogens with zero attached hydrogens (tertiary/aromatic N) is 1. The maximum atomic E-state index is 14.2. The number of carbonyl (C=O) groups is 6. The van der Waals surface area contributed by atoms with Crippen molar-refractivity contribution in [3.63, 3.8) is 0 Å². The minimum atomic E-state index is -1.18. The van der Waals surface area contributed by atoms with Gasteiger partial charge in [-0.3, -0.25) is 28.8 Å². The van der Waals surface area contributed by atoms with E-state index in [0.717, 1.165) is 43.2 Å². The maximum absolute atomic E-state index is 14.2. The molecule has 4 amide bonds. The number of nitrogens with one attached hydrogen (secondary N) is 2. The van der Waals surface area contributed by atoms with Crippen molar-refractivity contribution in [2.24, 2.45) is 34.6 Å². The highest BCUT2D eigenvalue weighted by atomic mass is 16.7. The third-order valence-corrected chi connectivity index (χ3v) is 14.7. The molecule has 342 valence electrons. The van der Waals surface area contributed by atoms with Crippen LogP contribution in [0, 0.1) is 23.2 Å². The van der Waals surface area contributed by atoms with E-state index < -0.39 is 48.6 Å². The van der Waals surface area contributed by atoms with E-state index in [4.69, 9.17) is 20.8 Å². The minimum Gasteiger partial charge on any atom is -0.405 e. The van der Waals surface area contributed by atoms with Gasteiger partial charge in [0.2, 0.25) is 17.7 Å². The highest BCUT2D eigenvalue weighted by Crippen LogP contribution is 2.66. The fourth-order valence-corrected chi connectivity index (χ4v) is 10.6. The monoisotopic (exact) mass is 868 g/mol. The largest absolute Gasteiger partial charge is 0.461 e. The van der Waals surface area contributed by atoms with Crippen LogP contribution in [0.5, 0.6) is 0 Å². The van der Waals surface area contributed by atoms with Gasteiger partial charge in [0.15, 0.2) is 11.6 Å². The molecule has 5 fully saturated rings. The van der Waals surface area contributed by atoms with Gasteiger partial charge in [0.05, 0.1) is 30.2 Å². The van der Waals surface area contributed by atoms with Crippen molar-refractivity contribution in [1.29, 1.82) is 0 Å². The van der Waals surface area contributed by atoms with E-state index in [-0.39, 0.29) is 60.0 Å². The van der Waals surface area contributed by atoms with Crippen LogP contribution in [0.25, 0.3) is 11.1 Å². The first-order valence-corrected chi connectivity index (χ1v) is 23.4. The second kappa shape index (κ2) is 20.6. The molecule has 13 nitrogen and oxygen atoms in total. The number of primary amides is 1. The number of aryl methyl sites for hydroxylation is 1. The molecule has 3 aliphatic carbocycles. The summed E-state index contributed by atoms with van der Waals surface area (Å²) in [4.78, 5) is 82.5. The normalized spacial score (nSPS) is 25.3. The van der Waals surface area contributed by atoms with Crippen LogP contribution in [0.3, 0.4) is 0 Å². The first kappa shape index (κ1) is 48.1. The molecular weight excluding hydrogens is 797 g/mol.